The van der Waals surface area contributed by atoms with E-state index in [4.69, 9.17) is 4.74 Å². The highest BCUT2D eigenvalue weighted by Gasteiger charge is 2.46. The van der Waals surface area contributed by atoms with E-state index in [1.807, 2.05) is 11.8 Å². The standard InChI is InChI=1S/C18H25FN2O4S/c1-2-21-17(22)7-10-20(14-18(21)8-11-25-12-9-18)26(23,24)13-15-5-3-4-6-16(15)19/h3-6H,2,7-14H2,1H3. The van der Waals surface area contributed by atoms with Crippen molar-refractivity contribution in [3.63, 3.8) is 0 Å². The van der Waals surface area contributed by atoms with Crippen LogP contribution in [0.3, 0.4) is 0 Å². The van der Waals surface area contributed by atoms with Crippen molar-refractivity contribution in [3.05, 3.63) is 35.6 Å². The first-order chi connectivity index (χ1) is 12.4. The lowest BCUT2D eigenvalue weighted by Gasteiger charge is -2.46. The molecule has 0 bridgehead atoms. The van der Waals surface area contributed by atoms with Gasteiger partial charge in [-0.1, -0.05) is 18.2 Å². The molecule has 2 aliphatic heterocycles. The number of rotatable bonds is 4. The van der Waals surface area contributed by atoms with Crippen LogP contribution in [0.2, 0.25) is 0 Å². The van der Waals surface area contributed by atoms with Gasteiger partial charge in [-0.25, -0.2) is 12.8 Å². The van der Waals surface area contributed by atoms with E-state index in [0.29, 0.717) is 32.6 Å². The number of hydrogen-bond donors (Lipinski definition) is 0. The molecule has 1 spiro atoms. The second-order valence-electron chi connectivity index (χ2n) is 6.91. The number of halogens is 1. The maximum absolute atomic E-state index is 13.9. The Kier molecular flexibility index (Phi) is 5.64. The van der Waals surface area contributed by atoms with Gasteiger partial charge in [0.1, 0.15) is 5.82 Å². The van der Waals surface area contributed by atoms with Gasteiger partial charge in [0.25, 0.3) is 0 Å². The molecule has 2 fully saturated rings. The minimum atomic E-state index is -3.74. The average molecular weight is 384 g/mol. The highest BCUT2D eigenvalue weighted by Crippen LogP contribution is 2.33. The Morgan fingerprint density at radius 3 is 2.58 bits per heavy atom. The molecular weight excluding hydrogens is 359 g/mol. The van der Waals surface area contributed by atoms with Crippen LogP contribution in [0.4, 0.5) is 4.39 Å². The Bertz CT molecular complexity index is 762. The number of likely N-dealkylation sites (N-methyl/N-ethyl adjacent to an activating group) is 1. The lowest BCUT2D eigenvalue weighted by atomic mass is 9.88. The number of ether oxygens (including phenoxy) is 1. The van der Waals surface area contributed by atoms with Gasteiger partial charge in [0.2, 0.25) is 15.9 Å². The maximum Gasteiger partial charge on any atom is 0.224 e. The second kappa shape index (κ2) is 7.62. The predicted octanol–water partition coefficient (Wildman–Crippen LogP) is 1.76. The zero-order valence-electron chi connectivity index (χ0n) is 15.0. The fourth-order valence-electron chi connectivity index (χ4n) is 3.94. The molecular formula is C18H25FN2O4S. The first-order valence-electron chi connectivity index (χ1n) is 8.97. The van der Waals surface area contributed by atoms with Crippen LogP contribution >= 0.6 is 0 Å². The molecule has 26 heavy (non-hydrogen) atoms. The van der Waals surface area contributed by atoms with E-state index in [0.717, 1.165) is 0 Å². The summed E-state index contributed by atoms with van der Waals surface area (Å²) in [5, 5.41) is 0. The average Bonchev–Trinajstić information content (AvgIpc) is 2.74. The second-order valence-corrected chi connectivity index (χ2v) is 8.87. The first kappa shape index (κ1) is 19.3. The molecule has 0 radical (unpaired) electrons. The fraction of sp³-hybridized carbons (Fsp3) is 0.611. The van der Waals surface area contributed by atoms with Crippen molar-refractivity contribution in [3.8, 4) is 0 Å². The number of hydrogen-bond acceptors (Lipinski definition) is 4. The molecule has 1 aromatic rings. The molecule has 0 aliphatic carbocycles. The summed E-state index contributed by atoms with van der Waals surface area (Å²) in [7, 11) is -3.74. The summed E-state index contributed by atoms with van der Waals surface area (Å²) < 4.78 is 46.7. The third kappa shape index (κ3) is 3.77. The van der Waals surface area contributed by atoms with Gasteiger partial charge in [0.05, 0.1) is 11.3 Å². The third-order valence-corrected chi connectivity index (χ3v) is 7.12. The van der Waals surface area contributed by atoms with Gasteiger partial charge < -0.3 is 9.64 Å². The van der Waals surface area contributed by atoms with E-state index in [1.165, 1.54) is 22.5 Å². The summed E-state index contributed by atoms with van der Waals surface area (Å²) in [6, 6.07) is 5.90. The van der Waals surface area contributed by atoms with Crippen molar-refractivity contribution in [1.82, 2.24) is 9.21 Å². The number of amides is 1. The molecule has 6 nitrogen and oxygen atoms in total. The van der Waals surface area contributed by atoms with Crippen LogP contribution in [-0.4, -0.2) is 61.9 Å². The molecule has 3 rings (SSSR count). The van der Waals surface area contributed by atoms with E-state index in [-0.39, 0.29) is 31.0 Å². The molecule has 0 saturated carbocycles. The van der Waals surface area contributed by atoms with Crippen LogP contribution in [0.25, 0.3) is 0 Å². The van der Waals surface area contributed by atoms with E-state index in [1.54, 1.807) is 6.07 Å². The number of nitrogens with zero attached hydrogens (tertiary/aromatic N) is 2. The summed E-state index contributed by atoms with van der Waals surface area (Å²) >= 11 is 0. The molecule has 144 valence electrons. The number of carbonyl (C=O) groups excluding carboxylic acids is 1. The molecule has 0 atom stereocenters. The molecule has 2 heterocycles. The van der Waals surface area contributed by atoms with E-state index in [2.05, 4.69) is 0 Å². The van der Waals surface area contributed by atoms with Gasteiger partial charge >= 0.3 is 0 Å². The largest absolute Gasteiger partial charge is 0.381 e. The van der Waals surface area contributed by atoms with Gasteiger partial charge in [-0.2, -0.15) is 4.31 Å². The SMILES string of the molecule is CCN1C(=O)CCN(S(=O)(=O)Cc2ccccc2F)CC12CCOCC2. The van der Waals surface area contributed by atoms with Gasteiger partial charge in [-0.05, 0) is 25.8 Å². The minimum absolute atomic E-state index is 0.0296. The summed E-state index contributed by atoms with van der Waals surface area (Å²) in [4.78, 5) is 14.4. The lowest BCUT2D eigenvalue weighted by Crippen LogP contribution is -2.58. The molecule has 0 aromatic heterocycles. The van der Waals surface area contributed by atoms with Crippen LogP contribution in [0, 0.1) is 5.82 Å². The van der Waals surface area contributed by atoms with Crippen LogP contribution in [0.1, 0.15) is 31.7 Å². The van der Waals surface area contributed by atoms with Gasteiger partial charge in [0, 0.05) is 44.8 Å². The summed E-state index contributed by atoms with van der Waals surface area (Å²) in [5.41, 5.74) is -0.389. The van der Waals surface area contributed by atoms with Crippen LogP contribution < -0.4 is 0 Å². The minimum Gasteiger partial charge on any atom is -0.381 e. The van der Waals surface area contributed by atoms with Gasteiger partial charge in [0.15, 0.2) is 0 Å². The Morgan fingerprint density at radius 2 is 1.92 bits per heavy atom. The van der Waals surface area contributed by atoms with Gasteiger partial charge in [-0.3, -0.25) is 4.79 Å². The highest BCUT2D eigenvalue weighted by atomic mass is 32.2. The van der Waals surface area contributed by atoms with Crippen LogP contribution in [0.15, 0.2) is 24.3 Å². The first-order valence-corrected chi connectivity index (χ1v) is 10.6. The molecule has 0 unspecified atom stereocenters. The highest BCUT2D eigenvalue weighted by molar-refractivity contribution is 7.88. The summed E-state index contributed by atoms with van der Waals surface area (Å²) in [6.45, 7) is 3.84. The molecule has 1 aromatic carbocycles. The lowest BCUT2D eigenvalue weighted by molar-refractivity contribution is -0.139. The number of carbonyl (C=O) groups is 1. The number of benzene rings is 1. The zero-order valence-corrected chi connectivity index (χ0v) is 15.8. The molecule has 0 N–H and O–H groups in total. The quantitative estimate of drug-likeness (QED) is 0.793. The van der Waals surface area contributed by atoms with Crippen LogP contribution in [-0.2, 0) is 25.3 Å². The van der Waals surface area contributed by atoms with Crippen molar-refractivity contribution < 1.29 is 22.3 Å². The van der Waals surface area contributed by atoms with E-state index < -0.39 is 27.1 Å². The zero-order chi connectivity index (χ0) is 18.8. The third-order valence-electron chi connectivity index (χ3n) is 5.35. The van der Waals surface area contributed by atoms with E-state index in [9.17, 15) is 17.6 Å². The monoisotopic (exact) mass is 384 g/mol. The van der Waals surface area contributed by atoms with E-state index >= 15 is 0 Å². The van der Waals surface area contributed by atoms with Gasteiger partial charge in [-0.15, -0.1) is 0 Å². The molecule has 2 saturated heterocycles. The fourth-order valence-corrected chi connectivity index (χ4v) is 5.56. The van der Waals surface area contributed by atoms with Crippen molar-refractivity contribution in [1.29, 1.82) is 0 Å². The Morgan fingerprint density at radius 1 is 1.23 bits per heavy atom. The Labute approximate surface area is 154 Å². The molecule has 1 amide bonds. The van der Waals surface area contributed by atoms with Crippen molar-refractivity contribution in [2.45, 2.75) is 37.5 Å². The Hall–Kier alpha value is -1.51. The summed E-state index contributed by atoms with van der Waals surface area (Å²) in [6.07, 6.45) is 1.36. The Balaban J connectivity index is 1.89. The predicted molar refractivity (Wildman–Crippen MR) is 95.4 cm³/mol. The topological polar surface area (TPSA) is 66.9 Å². The maximum atomic E-state index is 13.9. The van der Waals surface area contributed by atoms with Crippen molar-refractivity contribution in [2.24, 2.45) is 0 Å². The molecule has 8 heteroatoms. The summed E-state index contributed by atoms with van der Waals surface area (Å²) in [5.74, 6) is -0.956. The number of sulfonamides is 1. The van der Waals surface area contributed by atoms with Crippen LogP contribution in [0.5, 0.6) is 0 Å². The molecule has 2 aliphatic rings. The smallest absolute Gasteiger partial charge is 0.224 e. The van der Waals surface area contributed by atoms with Crippen molar-refractivity contribution in [2.75, 3.05) is 32.8 Å². The van der Waals surface area contributed by atoms with Crippen molar-refractivity contribution >= 4 is 15.9 Å². The normalized spacial score (nSPS) is 21.8.